The Bertz CT molecular complexity index is 626. The van der Waals surface area contributed by atoms with Crippen LogP contribution >= 0.6 is 0 Å². The van der Waals surface area contributed by atoms with Gasteiger partial charge in [-0.3, -0.25) is 0 Å². The Kier molecular flexibility index (Phi) is 7.28. The van der Waals surface area contributed by atoms with Gasteiger partial charge in [0, 0.05) is 30.8 Å². The number of nitrogens with zero attached hydrogens (tertiary/aromatic N) is 2. The SMILES string of the molecule is CCOc1ccc(N2CC(CNCCCC#N)CC(C)(C)C2C)cc1F. The molecule has 1 aromatic rings. The van der Waals surface area contributed by atoms with Crippen molar-refractivity contribution in [2.75, 3.05) is 31.1 Å². The number of hydrogen-bond acceptors (Lipinski definition) is 4. The molecule has 0 radical (unpaired) electrons. The summed E-state index contributed by atoms with van der Waals surface area (Å²) < 4.78 is 19.7. The fourth-order valence-corrected chi connectivity index (χ4v) is 3.84. The topological polar surface area (TPSA) is 48.3 Å². The second-order valence-electron chi connectivity index (χ2n) is 7.90. The van der Waals surface area contributed by atoms with Crippen molar-refractivity contribution in [1.29, 1.82) is 5.26 Å². The number of hydrogen-bond donors (Lipinski definition) is 1. The van der Waals surface area contributed by atoms with Gasteiger partial charge >= 0.3 is 0 Å². The van der Waals surface area contributed by atoms with Crippen molar-refractivity contribution in [3.05, 3.63) is 24.0 Å². The van der Waals surface area contributed by atoms with Crippen LogP contribution in [0.2, 0.25) is 0 Å². The zero-order valence-corrected chi connectivity index (χ0v) is 16.5. The van der Waals surface area contributed by atoms with Gasteiger partial charge in [0.1, 0.15) is 0 Å². The number of ether oxygens (including phenoxy) is 1. The lowest BCUT2D eigenvalue weighted by molar-refractivity contribution is 0.170. The average molecular weight is 362 g/mol. The van der Waals surface area contributed by atoms with E-state index in [1.807, 2.05) is 13.0 Å². The van der Waals surface area contributed by atoms with E-state index in [4.69, 9.17) is 10.00 Å². The molecule has 26 heavy (non-hydrogen) atoms. The minimum absolute atomic E-state index is 0.145. The molecule has 0 bridgehead atoms. The van der Waals surface area contributed by atoms with Crippen molar-refractivity contribution in [3.8, 4) is 11.8 Å². The molecule has 0 aromatic heterocycles. The van der Waals surface area contributed by atoms with Crippen LogP contribution in [0, 0.1) is 28.5 Å². The number of halogens is 1. The maximum absolute atomic E-state index is 14.3. The summed E-state index contributed by atoms with van der Waals surface area (Å²) in [6.45, 7) is 11.8. The standard InChI is InChI=1S/C21H32FN3O/c1-5-26-20-9-8-18(12-19(20)22)25-15-17(13-21(3,4)16(25)2)14-24-11-7-6-10-23/h8-9,12,16-17,24H,5-7,11,13-15H2,1-4H3. The average Bonchev–Trinajstić information content (AvgIpc) is 2.59. The minimum atomic E-state index is -0.300. The molecular weight excluding hydrogens is 329 g/mol. The summed E-state index contributed by atoms with van der Waals surface area (Å²) in [5.41, 5.74) is 1.06. The lowest BCUT2D eigenvalue weighted by atomic mass is 9.72. The highest BCUT2D eigenvalue weighted by atomic mass is 19.1. The highest BCUT2D eigenvalue weighted by Gasteiger charge is 2.39. The van der Waals surface area contributed by atoms with Gasteiger partial charge in [-0.25, -0.2) is 4.39 Å². The Morgan fingerprint density at radius 2 is 2.19 bits per heavy atom. The highest BCUT2D eigenvalue weighted by molar-refractivity contribution is 5.51. The number of unbranched alkanes of at least 4 members (excludes halogenated alkanes) is 1. The summed E-state index contributed by atoms with van der Waals surface area (Å²) >= 11 is 0. The summed E-state index contributed by atoms with van der Waals surface area (Å²) in [6, 6.07) is 7.80. The molecule has 2 atom stereocenters. The Morgan fingerprint density at radius 1 is 1.42 bits per heavy atom. The van der Waals surface area contributed by atoms with Crippen molar-refractivity contribution >= 4 is 5.69 Å². The van der Waals surface area contributed by atoms with E-state index in [1.54, 1.807) is 12.1 Å². The van der Waals surface area contributed by atoms with E-state index in [2.05, 4.69) is 37.1 Å². The van der Waals surface area contributed by atoms with Gasteiger partial charge < -0.3 is 15.0 Å². The number of rotatable bonds is 8. The molecule has 0 amide bonds. The fraction of sp³-hybridized carbons (Fsp3) is 0.667. The monoisotopic (exact) mass is 361 g/mol. The maximum Gasteiger partial charge on any atom is 0.167 e. The van der Waals surface area contributed by atoms with Crippen molar-refractivity contribution in [2.45, 2.75) is 53.0 Å². The third-order valence-corrected chi connectivity index (χ3v) is 5.49. The van der Waals surface area contributed by atoms with Gasteiger partial charge in [0.2, 0.25) is 0 Å². The molecule has 2 rings (SSSR count). The first kappa shape index (κ1) is 20.5. The largest absolute Gasteiger partial charge is 0.491 e. The Balaban J connectivity index is 2.08. The Labute approximate surface area is 157 Å². The Morgan fingerprint density at radius 3 is 2.85 bits per heavy atom. The van der Waals surface area contributed by atoms with Gasteiger partial charge in [0.15, 0.2) is 11.6 Å². The van der Waals surface area contributed by atoms with Gasteiger partial charge in [-0.05, 0) is 63.2 Å². The summed E-state index contributed by atoms with van der Waals surface area (Å²) in [7, 11) is 0. The van der Waals surface area contributed by atoms with E-state index in [0.717, 1.165) is 38.2 Å². The fourth-order valence-electron chi connectivity index (χ4n) is 3.84. The van der Waals surface area contributed by atoms with Crippen molar-refractivity contribution in [2.24, 2.45) is 11.3 Å². The Hall–Kier alpha value is -1.80. The van der Waals surface area contributed by atoms with E-state index in [1.165, 1.54) is 0 Å². The lowest BCUT2D eigenvalue weighted by Crippen LogP contribution is -2.53. The van der Waals surface area contributed by atoms with Crippen LogP contribution in [0.25, 0.3) is 0 Å². The van der Waals surface area contributed by atoms with Gasteiger partial charge in [0.05, 0.1) is 12.7 Å². The molecule has 0 spiro atoms. The summed E-state index contributed by atoms with van der Waals surface area (Å²) in [5.74, 6) is 0.514. The van der Waals surface area contributed by atoms with Gasteiger partial charge in [0.25, 0.3) is 0 Å². The molecule has 1 heterocycles. The van der Waals surface area contributed by atoms with Crippen LogP contribution < -0.4 is 15.0 Å². The first-order chi connectivity index (χ1) is 12.4. The number of nitrogens with one attached hydrogen (secondary N) is 1. The van der Waals surface area contributed by atoms with E-state index in [-0.39, 0.29) is 11.2 Å². The number of piperidine rings is 1. The zero-order valence-electron chi connectivity index (χ0n) is 16.5. The van der Waals surface area contributed by atoms with Crippen LogP contribution in [0.1, 0.15) is 47.0 Å². The molecule has 1 fully saturated rings. The number of nitriles is 1. The molecule has 2 unspecified atom stereocenters. The first-order valence-corrected chi connectivity index (χ1v) is 9.65. The van der Waals surface area contributed by atoms with Crippen molar-refractivity contribution in [1.82, 2.24) is 5.32 Å². The van der Waals surface area contributed by atoms with Crippen molar-refractivity contribution in [3.63, 3.8) is 0 Å². The van der Waals surface area contributed by atoms with Crippen molar-refractivity contribution < 1.29 is 9.13 Å². The van der Waals surface area contributed by atoms with Gasteiger partial charge in [-0.15, -0.1) is 0 Å². The second kappa shape index (κ2) is 9.23. The molecule has 144 valence electrons. The van der Waals surface area contributed by atoms with E-state index < -0.39 is 0 Å². The molecule has 1 aliphatic heterocycles. The third-order valence-electron chi connectivity index (χ3n) is 5.49. The van der Waals surface area contributed by atoms with Crippen LogP contribution in [-0.2, 0) is 0 Å². The normalized spacial score (nSPS) is 22.1. The summed E-state index contributed by atoms with van der Waals surface area (Å²) in [6.07, 6.45) is 2.62. The quantitative estimate of drug-likeness (QED) is 0.699. The van der Waals surface area contributed by atoms with Gasteiger partial charge in [-0.1, -0.05) is 13.8 Å². The van der Waals surface area contributed by atoms with Crippen LogP contribution in [0.4, 0.5) is 10.1 Å². The predicted molar refractivity (Wildman–Crippen MR) is 104 cm³/mol. The van der Waals surface area contributed by atoms with Crippen LogP contribution in [0.5, 0.6) is 5.75 Å². The maximum atomic E-state index is 14.3. The first-order valence-electron chi connectivity index (χ1n) is 9.65. The second-order valence-corrected chi connectivity index (χ2v) is 7.90. The van der Waals surface area contributed by atoms with E-state index in [9.17, 15) is 4.39 Å². The summed E-state index contributed by atoms with van der Waals surface area (Å²) in [4.78, 5) is 2.32. The third kappa shape index (κ3) is 5.11. The summed E-state index contributed by atoms with van der Waals surface area (Å²) in [5, 5.41) is 12.1. The van der Waals surface area contributed by atoms with Crippen LogP contribution in [0.15, 0.2) is 18.2 Å². The molecule has 1 aromatic carbocycles. The van der Waals surface area contributed by atoms with E-state index in [0.29, 0.717) is 30.7 Å². The molecule has 4 nitrogen and oxygen atoms in total. The molecular formula is C21H32FN3O. The van der Waals surface area contributed by atoms with Crippen LogP contribution in [0.3, 0.4) is 0 Å². The molecule has 1 N–H and O–H groups in total. The van der Waals surface area contributed by atoms with Gasteiger partial charge in [-0.2, -0.15) is 5.26 Å². The minimum Gasteiger partial charge on any atom is -0.491 e. The smallest absolute Gasteiger partial charge is 0.167 e. The lowest BCUT2D eigenvalue weighted by Gasteiger charge is -2.49. The predicted octanol–water partition coefficient (Wildman–Crippen LogP) is 4.36. The number of anilines is 1. The number of benzene rings is 1. The zero-order chi connectivity index (χ0) is 19.2. The molecule has 0 aliphatic carbocycles. The molecule has 0 saturated carbocycles. The van der Waals surface area contributed by atoms with E-state index >= 15 is 0 Å². The molecule has 1 aliphatic rings. The highest BCUT2D eigenvalue weighted by Crippen LogP contribution is 2.40. The molecule has 5 heteroatoms. The molecule has 1 saturated heterocycles. The van der Waals surface area contributed by atoms with Crippen LogP contribution in [-0.4, -0.2) is 32.3 Å².